The number of rotatable bonds is 10. The van der Waals surface area contributed by atoms with Gasteiger partial charge < -0.3 is 20.1 Å². The van der Waals surface area contributed by atoms with E-state index < -0.39 is 5.97 Å². The lowest BCUT2D eigenvalue weighted by Crippen LogP contribution is -2.08. The molecular weight excluding hydrogens is 409 g/mol. The minimum absolute atomic E-state index is 0.0832. The minimum Gasteiger partial charge on any atom is -0.493 e. The molecule has 7 heteroatoms. The highest BCUT2D eigenvalue weighted by Gasteiger charge is 2.21. The summed E-state index contributed by atoms with van der Waals surface area (Å²) in [5.41, 5.74) is 2.48. The molecule has 0 saturated carbocycles. The Bertz CT molecular complexity index is 1180. The fourth-order valence-electron chi connectivity index (χ4n) is 3.73. The summed E-state index contributed by atoms with van der Waals surface area (Å²) in [5.74, 6) is -0.0665. The Labute approximate surface area is 185 Å². The van der Waals surface area contributed by atoms with Gasteiger partial charge in [-0.1, -0.05) is 18.2 Å². The molecule has 2 heterocycles. The standard InChI is InChI=1S/C25H24FN3O3/c26-18-7-5-17(6-8-18)21(15-25(30)31)22-16-29-23-14-19(9-10-20(22)23)32-13-3-12-28-24-4-1-2-11-27-24/h1-2,4-11,14,16,21,29H,3,12-13,15H2,(H,27,28)(H,30,31). The second-order valence-corrected chi connectivity index (χ2v) is 7.50. The molecule has 0 bridgehead atoms. The van der Waals surface area contributed by atoms with Gasteiger partial charge in [0.2, 0.25) is 0 Å². The third-order valence-corrected chi connectivity index (χ3v) is 5.27. The maximum absolute atomic E-state index is 13.3. The number of pyridine rings is 1. The van der Waals surface area contributed by atoms with Gasteiger partial charge in [-0.05, 0) is 53.9 Å². The van der Waals surface area contributed by atoms with E-state index in [4.69, 9.17) is 4.74 Å². The number of nitrogens with one attached hydrogen (secondary N) is 2. The molecule has 2 aromatic heterocycles. The van der Waals surface area contributed by atoms with Crippen molar-refractivity contribution < 1.29 is 19.0 Å². The number of halogens is 1. The molecule has 0 aliphatic heterocycles. The molecule has 0 spiro atoms. The maximum atomic E-state index is 13.3. The van der Waals surface area contributed by atoms with E-state index in [-0.39, 0.29) is 18.2 Å². The first-order valence-corrected chi connectivity index (χ1v) is 10.5. The number of nitrogens with zero attached hydrogens (tertiary/aromatic N) is 1. The largest absolute Gasteiger partial charge is 0.493 e. The van der Waals surface area contributed by atoms with Gasteiger partial charge in [0.15, 0.2) is 0 Å². The molecule has 0 radical (unpaired) electrons. The van der Waals surface area contributed by atoms with E-state index in [2.05, 4.69) is 15.3 Å². The first-order valence-electron chi connectivity index (χ1n) is 10.5. The molecule has 0 aliphatic carbocycles. The Morgan fingerprint density at radius 3 is 2.75 bits per heavy atom. The van der Waals surface area contributed by atoms with Crippen molar-refractivity contribution in [1.82, 2.24) is 9.97 Å². The van der Waals surface area contributed by atoms with Gasteiger partial charge in [-0.25, -0.2) is 9.37 Å². The average molecular weight is 433 g/mol. The molecule has 4 aromatic rings. The molecule has 6 nitrogen and oxygen atoms in total. The van der Waals surface area contributed by atoms with Crippen LogP contribution in [0, 0.1) is 5.82 Å². The van der Waals surface area contributed by atoms with Gasteiger partial charge in [-0.15, -0.1) is 0 Å². The van der Waals surface area contributed by atoms with Crippen molar-refractivity contribution in [3.05, 3.63) is 90.0 Å². The van der Waals surface area contributed by atoms with Crippen molar-refractivity contribution in [1.29, 1.82) is 0 Å². The fourth-order valence-corrected chi connectivity index (χ4v) is 3.73. The van der Waals surface area contributed by atoms with Crippen LogP contribution >= 0.6 is 0 Å². The zero-order chi connectivity index (χ0) is 22.3. The lowest BCUT2D eigenvalue weighted by molar-refractivity contribution is -0.137. The number of H-pyrrole nitrogens is 1. The van der Waals surface area contributed by atoms with Crippen LogP contribution in [0.5, 0.6) is 5.75 Å². The molecule has 1 unspecified atom stereocenters. The lowest BCUT2D eigenvalue weighted by atomic mass is 9.88. The molecule has 0 amide bonds. The van der Waals surface area contributed by atoms with E-state index >= 15 is 0 Å². The number of aromatic amines is 1. The predicted octanol–water partition coefficient (Wildman–Crippen LogP) is 5.19. The highest BCUT2D eigenvalue weighted by atomic mass is 19.1. The summed E-state index contributed by atoms with van der Waals surface area (Å²) in [6.07, 6.45) is 4.30. The first-order chi connectivity index (χ1) is 15.6. The number of hydrogen-bond acceptors (Lipinski definition) is 4. The Morgan fingerprint density at radius 1 is 1.16 bits per heavy atom. The summed E-state index contributed by atoms with van der Waals surface area (Å²) in [6.45, 7) is 1.30. The summed E-state index contributed by atoms with van der Waals surface area (Å²) >= 11 is 0. The molecule has 32 heavy (non-hydrogen) atoms. The molecule has 0 aliphatic rings. The number of benzene rings is 2. The van der Waals surface area contributed by atoms with E-state index in [1.165, 1.54) is 12.1 Å². The number of ether oxygens (including phenoxy) is 1. The number of carboxylic acid groups (broad SMARTS) is 1. The quantitative estimate of drug-likeness (QED) is 0.300. The van der Waals surface area contributed by atoms with Gasteiger partial charge >= 0.3 is 5.97 Å². The van der Waals surface area contributed by atoms with Crippen LogP contribution in [0.15, 0.2) is 73.1 Å². The van der Waals surface area contributed by atoms with E-state index in [0.29, 0.717) is 6.61 Å². The Balaban J connectivity index is 1.43. The second kappa shape index (κ2) is 9.96. The summed E-state index contributed by atoms with van der Waals surface area (Å²) in [5, 5.41) is 13.6. The molecule has 2 aromatic carbocycles. The number of hydrogen-bond donors (Lipinski definition) is 3. The molecule has 3 N–H and O–H groups in total. The molecule has 4 rings (SSSR count). The van der Waals surface area contributed by atoms with Crippen LogP contribution in [0.4, 0.5) is 10.2 Å². The smallest absolute Gasteiger partial charge is 0.304 e. The predicted molar refractivity (Wildman–Crippen MR) is 122 cm³/mol. The molecule has 1 atom stereocenters. The van der Waals surface area contributed by atoms with Crippen molar-refractivity contribution in [2.24, 2.45) is 0 Å². The summed E-state index contributed by atoms with van der Waals surface area (Å²) in [6, 6.07) is 17.4. The van der Waals surface area contributed by atoms with E-state index in [9.17, 15) is 14.3 Å². The van der Waals surface area contributed by atoms with Crippen LogP contribution in [0.1, 0.15) is 29.9 Å². The molecule has 164 valence electrons. The van der Waals surface area contributed by atoms with Crippen molar-refractivity contribution in [2.45, 2.75) is 18.8 Å². The highest BCUT2D eigenvalue weighted by Crippen LogP contribution is 2.34. The topological polar surface area (TPSA) is 87.2 Å². The van der Waals surface area contributed by atoms with Crippen molar-refractivity contribution in [3.8, 4) is 5.75 Å². The average Bonchev–Trinajstić information content (AvgIpc) is 3.21. The monoisotopic (exact) mass is 433 g/mol. The number of anilines is 1. The summed E-state index contributed by atoms with van der Waals surface area (Å²) < 4.78 is 19.2. The van der Waals surface area contributed by atoms with E-state index in [1.807, 2.05) is 42.6 Å². The van der Waals surface area contributed by atoms with Crippen LogP contribution in [-0.4, -0.2) is 34.2 Å². The molecular formula is C25H24FN3O3. The van der Waals surface area contributed by atoms with Gasteiger partial charge in [0.25, 0.3) is 0 Å². The van der Waals surface area contributed by atoms with Crippen LogP contribution in [0.3, 0.4) is 0 Å². The number of aromatic nitrogens is 2. The first kappa shape index (κ1) is 21.4. The van der Waals surface area contributed by atoms with Crippen molar-refractivity contribution in [3.63, 3.8) is 0 Å². The van der Waals surface area contributed by atoms with Crippen molar-refractivity contribution in [2.75, 3.05) is 18.5 Å². The van der Waals surface area contributed by atoms with E-state index in [1.54, 1.807) is 18.3 Å². The SMILES string of the molecule is O=C(O)CC(c1ccc(F)cc1)c1c[nH]c2cc(OCCCNc3ccccn3)ccc12. The fraction of sp³-hybridized carbons (Fsp3) is 0.200. The van der Waals surface area contributed by atoms with Gasteiger partial charge in [0, 0.05) is 41.8 Å². The minimum atomic E-state index is -0.909. The maximum Gasteiger partial charge on any atom is 0.304 e. The summed E-state index contributed by atoms with van der Waals surface area (Å²) in [7, 11) is 0. The van der Waals surface area contributed by atoms with Gasteiger partial charge in [-0.3, -0.25) is 4.79 Å². The second-order valence-electron chi connectivity index (χ2n) is 7.50. The van der Waals surface area contributed by atoms with Crippen LogP contribution in [-0.2, 0) is 4.79 Å². The molecule has 0 saturated heterocycles. The number of carboxylic acids is 1. The number of fused-ring (bicyclic) bond motifs is 1. The zero-order valence-electron chi connectivity index (χ0n) is 17.4. The van der Waals surface area contributed by atoms with Crippen LogP contribution < -0.4 is 10.1 Å². The lowest BCUT2D eigenvalue weighted by Gasteiger charge is -2.15. The van der Waals surface area contributed by atoms with Gasteiger partial charge in [-0.2, -0.15) is 0 Å². The Hall–Kier alpha value is -3.87. The van der Waals surface area contributed by atoms with Gasteiger partial charge in [0.1, 0.15) is 17.4 Å². The zero-order valence-corrected chi connectivity index (χ0v) is 17.4. The van der Waals surface area contributed by atoms with Gasteiger partial charge in [0.05, 0.1) is 13.0 Å². The summed E-state index contributed by atoms with van der Waals surface area (Å²) in [4.78, 5) is 18.9. The molecule has 0 fully saturated rings. The normalized spacial score (nSPS) is 11.9. The third-order valence-electron chi connectivity index (χ3n) is 5.27. The Kier molecular flexibility index (Phi) is 6.65. The van der Waals surface area contributed by atoms with Crippen molar-refractivity contribution >= 4 is 22.7 Å². The Morgan fingerprint density at radius 2 is 2.00 bits per heavy atom. The third kappa shape index (κ3) is 5.24. The highest BCUT2D eigenvalue weighted by molar-refractivity contribution is 5.86. The van der Waals surface area contributed by atoms with Crippen LogP contribution in [0.25, 0.3) is 10.9 Å². The van der Waals surface area contributed by atoms with Crippen LogP contribution in [0.2, 0.25) is 0 Å². The number of carbonyl (C=O) groups is 1. The number of aliphatic carboxylic acids is 1. The van der Waals surface area contributed by atoms with E-state index in [0.717, 1.165) is 46.6 Å².